The molecule has 0 atom stereocenters. The topological polar surface area (TPSA) is 55.9 Å². The summed E-state index contributed by atoms with van der Waals surface area (Å²) in [6.45, 7) is 11.4. The maximum atomic E-state index is 12.5. The second kappa shape index (κ2) is 12.1. The van der Waals surface area contributed by atoms with Gasteiger partial charge in [-0.2, -0.15) is 0 Å². The van der Waals surface area contributed by atoms with Crippen LogP contribution >= 0.6 is 0 Å². The molecule has 2 aliphatic heterocycles. The fraction of sp³-hybridized carbons (Fsp3) is 0.667. The molecule has 1 aromatic rings. The van der Waals surface area contributed by atoms with Crippen LogP contribution in [0.25, 0.3) is 0 Å². The van der Waals surface area contributed by atoms with Crippen LogP contribution in [0.2, 0.25) is 0 Å². The number of carbonyl (C=O) groups is 2. The standard InChI is InChI=1S/C24H38N4O2/c1-2-12-26-16-18-27(19-17-26)13-6-11-25-23(29)20-21-9-14-28(15-10-21)24(30)22-7-4-3-5-8-22/h3-5,7-8,21H,2,6,9-20H2,1H3,(H,25,29). The van der Waals surface area contributed by atoms with Crippen LogP contribution in [0.15, 0.2) is 30.3 Å². The van der Waals surface area contributed by atoms with Gasteiger partial charge in [0.05, 0.1) is 0 Å². The number of hydrogen-bond donors (Lipinski definition) is 1. The maximum Gasteiger partial charge on any atom is 0.253 e. The van der Waals surface area contributed by atoms with Gasteiger partial charge in [-0.25, -0.2) is 0 Å². The first-order valence-corrected chi connectivity index (χ1v) is 11.7. The van der Waals surface area contributed by atoms with Gasteiger partial charge in [-0.1, -0.05) is 25.1 Å². The Balaban J connectivity index is 1.25. The van der Waals surface area contributed by atoms with Crippen LogP contribution in [0.1, 0.15) is 49.4 Å². The molecule has 2 amide bonds. The summed E-state index contributed by atoms with van der Waals surface area (Å²) in [7, 11) is 0. The summed E-state index contributed by atoms with van der Waals surface area (Å²) in [5.74, 6) is 0.654. The highest BCUT2D eigenvalue weighted by atomic mass is 16.2. The summed E-state index contributed by atoms with van der Waals surface area (Å²) in [5.41, 5.74) is 0.750. The highest BCUT2D eigenvalue weighted by Gasteiger charge is 2.25. The minimum absolute atomic E-state index is 0.106. The monoisotopic (exact) mass is 414 g/mol. The van der Waals surface area contributed by atoms with Crippen LogP contribution in [0, 0.1) is 5.92 Å². The van der Waals surface area contributed by atoms with Crippen molar-refractivity contribution >= 4 is 11.8 Å². The fourth-order valence-electron chi connectivity index (χ4n) is 4.52. The lowest BCUT2D eigenvalue weighted by Crippen LogP contribution is -2.47. The lowest BCUT2D eigenvalue weighted by Gasteiger charge is -2.34. The maximum absolute atomic E-state index is 12.5. The number of nitrogens with one attached hydrogen (secondary N) is 1. The number of hydrogen-bond acceptors (Lipinski definition) is 4. The van der Waals surface area contributed by atoms with Gasteiger partial charge in [0.1, 0.15) is 0 Å². The molecule has 166 valence electrons. The van der Waals surface area contributed by atoms with Crippen LogP contribution in [0.5, 0.6) is 0 Å². The second-order valence-corrected chi connectivity index (χ2v) is 8.69. The number of amides is 2. The zero-order valence-electron chi connectivity index (χ0n) is 18.5. The highest BCUT2D eigenvalue weighted by Crippen LogP contribution is 2.21. The van der Waals surface area contributed by atoms with Crippen molar-refractivity contribution in [3.05, 3.63) is 35.9 Å². The third kappa shape index (κ3) is 7.10. The Labute approximate surface area is 181 Å². The van der Waals surface area contributed by atoms with Gasteiger partial charge in [0.2, 0.25) is 5.91 Å². The van der Waals surface area contributed by atoms with Gasteiger partial charge in [0.15, 0.2) is 0 Å². The molecule has 2 fully saturated rings. The van der Waals surface area contributed by atoms with Gasteiger partial charge in [0, 0.05) is 57.8 Å². The summed E-state index contributed by atoms with van der Waals surface area (Å²) in [5, 5.41) is 3.10. The van der Waals surface area contributed by atoms with E-state index in [9.17, 15) is 9.59 Å². The molecule has 1 N–H and O–H groups in total. The van der Waals surface area contributed by atoms with Crippen molar-refractivity contribution in [2.45, 2.75) is 39.0 Å². The lowest BCUT2D eigenvalue weighted by molar-refractivity contribution is -0.122. The van der Waals surface area contributed by atoms with Crippen molar-refractivity contribution in [1.82, 2.24) is 20.0 Å². The third-order valence-corrected chi connectivity index (χ3v) is 6.37. The quantitative estimate of drug-likeness (QED) is 0.631. The molecule has 0 aromatic heterocycles. The van der Waals surface area contributed by atoms with Crippen molar-refractivity contribution in [1.29, 1.82) is 0 Å². The summed E-state index contributed by atoms with van der Waals surface area (Å²) in [4.78, 5) is 31.8. The van der Waals surface area contributed by atoms with Gasteiger partial charge in [-0.3, -0.25) is 9.59 Å². The first kappa shape index (κ1) is 22.8. The molecule has 0 saturated carbocycles. The Kier molecular flexibility index (Phi) is 9.15. The molecular weight excluding hydrogens is 376 g/mol. The SMILES string of the molecule is CCCN1CCN(CCCNC(=O)CC2CCN(C(=O)c3ccccc3)CC2)CC1. The van der Waals surface area contributed by atoms with Crippen LogP contribution in [0.3, 0.4) is 0 Å². The van der Waals surface area contributed by atoms with Crippen LogP contribution < -0.4 is 5.32 Å². The van der Waals surface area contributed by atoms with E-state index in [-0.39, 0.29) is 11.8 Å². The molecule has 0 bridgehead atoms. The minimum Gasteiger partial charge on any atom is -0.356 e. The van der Waals surface area contributed by atoms with E-state index < -0.39 is 0 Å². The third-order valence-electron chi connectivity index (χ3n) is 6.37. The Morgan fingerprint density at radius 2 is 1.57 bits per heavy atom. The van der Waals surface area contributed by atoms with E-state index in [1.807, 2.05) is 35.2 Å². The number of likely N-dealkylation sites (tertiary alicyclic amines) is 1. The molecule has 2 heterocycles. The van der Waals surface area contributed by atoms with E-state index in [0.29, 0.717) is 12.3 Å². The molecule has 6 nitrogen and oxygen atoms in total. The van der Waals surface area contributed by atoms with Crippen molar-refractivity contribution in [3.8, 4) is 0 Å². The molecule has 0 aliphatic carbocycles. The highest BCUT2D eigenvalue weighted by molar-refractivity contribution is 5.94. The van der Waals surface area contributed by atoms with Crippen LogP contribution in [0.4, 0.5) is 0 Å². The van der Waals surface area contributed by atoms with Gasteiger partial charge in [-0.05, 0) is 56.8 Å². The summed E-state index contributed by atoms with van der Waals surface area (Å²) < 4.78 is 0. The predicted octanol–water partition coefficient (Wildman–Crippen LogP) is 2.46. The molecule has 0 radical (unpaired) electrons. The van der Waals surface area contributed by atoms with Crippen molar-refractivity contribution in [2.75, 3.05) is 58.9 Å². The molecule has 30 heavy (non-hydrogen) atoms. The number of rotatable bonds is 9. The normalized spacial score (nSPS) is 19.0. The number of piperidine rings is 1. The molecule has 1 aromatic carbocycles. The number of carbonyl (C=O) groups excluding carboxylic acids is 2. The van der Waals surface area contributed by atoms with Gasteiger partial charge in [0.25, 0.3) is 5.91 Å². The Bertz CT molecular complexity index is 650. The van der Waals surface area contributed by atoms with E-state index >= 15 is 0 Å². The van der Waals surface area contributed by atoms with Crippen molar-refractivity contribution in [2.24, 2.45) is 5.92 Å². The Hall–Kier alpha value is -1.92. The van der Waals surface area contributed by atoms with E-state index in [1.54, 1.807) is 0 Å². The summed E-state index contributed by atoms with van der Waals surface area (Å²) >= 11 is 0. The van der Waals surface area contributed by atoms with E-state index in [4.69, 9.17) is 0 Å². The minimum atomic E-state index is 0.106. The Morgan fingerprint density at radius 1 is 0.933 bits per heavy atom. The lowest BCUT2D eigenvalue weighted by atomic mass is 9.93. The van der Waals surface area contributed by atoms with Crippen LogP contribution in [-0.4, -0.2) is 85.4 Å². The first-order chi connectivity index (χ1) is 14.7. The molecule has 3 rings (SSSR count). The summed E-state index contributed by atoms with van der Waals surface area (Å²) in [6, 6.07) is 9.46. The molecule has 0 unspecified atom stereocenters. The van der Waals surface area contributed by atoms with E-state index in [0.717, 1.165) is 64.1 Å². The fourth-order valence-corrected chi connectivity index (χ4v) is 4.52. The zero-order chi connectivity index (χ0) is 21.2. The first-order valence-electron chi connectivity index (χ1n) is 11.7. The number of nitrogens with zero attached hydrogens (tertiary/aromatic N) is 3. The predicted molar refractivity (Wildman–Crippen MR) is 120 cm³/mol. The Morgan fingerprint density at radius 3 is 2.20 bits per heavy atom. The average Bonchev–Trinajstić information content (AvgIpc) is 2.79. The smallest absolute Gasteiger partial charge is 0.253 e. The number of piperazine rings is 1. The van der Waals surface area contributed by atoms with Crippen molar-refractivity contribution in [3.63, 3.8) is 0 Å². The number of benzene rings is 1. The van der Waals surface area contributed by atoms with E-state index in [1.165, 1.54) is 26.1 Å². The molecular formula is C24H38N4O2. The van der Waals surface area contributed by atoms with Gasteiger partial charge >= 0.3 is 0 Å². The zero-order valence-corrected chi connectivity index (χ0v) is 18.5. The van der Waals surface area contributed by atoms with Gasteiger partial charge < -0.3 is 20.0 Å². The van der Waals surface area contributed by atoms with Crippen LogP contribution in [-0.2, 0) is 4.79 Å². The summed E-state index contributed by atoms with van der Waals surface area (Å²) in [6.07, 6.45) is 4.66. The molecule has 2 saturated heterocycles. The largest absolute Gasteiger partial charge is 0.356 e. The molecule has 0 spiro atoms. The van der Waals surface area contributed by atoms with Gasteiger partial charge in [-0.15, -0.1) is 0 Å². The second-order valence-electron chi connectivity index (χ2n) is 8.69. The average molecular weight is 415 g/mol. The van der Waals surface area contributed by atoms with E-state index in [2.05, 4.69) is 22.0 Å². The van der Waals surface area contributed by atoms with Crippen molar-refractivity contribution < 1.29 is 9.59 Å². The molecule has 6 heteroatoms. The molecule has 2 aliphatic rings.